The molecule has 2 N–H and O–H groups in total. The van der Waals surface area contributed by atoms with Gasteiger partial charge in [-0.25, -0.2) is 0 Å². The van der Waals surface area contributed by atoms with Crippen LogP contribution in [0.4, 0.5) is 5.69 Å². The summed E-state index contributed by atoms with van der Waals surface area (Å²) in [6.45, 7) is 3.29. The van der Waals surface area contributed by atoms with E-state index in [-0.39, 0.29) is 35.7 Å². The largest absolute Gasteiger partial charge is 0.373 e. The van der Waals surface area contributed by atoms with Gasteiger partial charge in [-0.2, -0.15) is 0 Å². The Labute approximate surface area is 128 Å². The van der Waals surface area contributed by atoms with Crippen LogP contribution in [0.15, 0.2) is 18.2 Å². The lowest BCUT2D eigenvalue weighted by atomic mass is 10.1. The van der Waals surface area contributed by atoms with Crippen LogP contribution < -0.4 is 5.73 Å². The number of nitrogens with two attached hydrogens (primary N) is 1. The topological polar surface area (TPSA) is 98.7 Å². The van der Waals surface area contributed by atoms with E-state index in [2.05, 4.69) is 0 Å². The number of nitro groups is 1. The van der Waals surface area contributed by atoms with Crippen molar-refractivity contribution in [2.45, 2.75) is 13.0 Å². The molecule has 1 unspecified atom stereocenters. The van der Waals surface area contributed by atoms with E-state index >= 15 is 0 Å². The summed E-state index contributed by atoms with van der Waals surface area (Å²) in [6, 6.07) is 4.54. The average molecular weight is 316 g/mol. The molecule has 1 saturated heterocycles. The van der Waals surface area contributed by atoms with E-state index in [0.717, 1.165) is 5.56 Å². The molecule has 116 valence electrons. The van der Waals surface area contributed by atoms with Gasteiger partial charge in [0.15, 0.2) is 0 Å². The first-order valence-electron chi connectivity index (χ1n) is 6.39. The average Bonchev–Trinajstić information content (AvgIpc) is 2.46. The van der Waals surface area contributed by atoms with Crippen LogP contribution in [-0.2, 0) is 4.74 Å². The first-order valence-corrected chi connectivity index (χ1v) is 6.39. The number of benzene rings is 1. The van der Waals surface area contributed by atoms with E-state index in [1.54, 1.807) is 24.0 Å². The van der Waals surface area contributed by atoms with E-state index in [0.29, 0.717) is 26.2 Å². The van der Waals surface area contributed by atoms with Crippen LogP contribution in [0, 0.1) is 17.0 Å². The second-order valence-electron chi connectivity index (χ2n) is 4.76. The number of rotatable bonds is 3. The van der Waals surface area contributed by atoms with Crippen LogP contribution in [0.2, 0.25) is 0 Å². The molecule has 1 aromatic rings. The first-order chi connectivity index (χ1) is 9.52. The summed E-state index contributed by atoms with van der Waals surface area (Å²) < 4.78 is 5.39. The summed E-state index contributed by atoms with van der Waals surface area (Å²) in [6.07, 6.45) is -0.212. The quantitative estimate of drug-likeness (QED) is 0.665. The molecule has 1 heterocycles. The predicted molar refractivity (Wildman–Crippen MR) is 79.8 cm³/mol. The van der Waals surface area contributed by atoms with Gasteiger partial charge in [0.25, 0.3) is 11.6 Å². The number of hydrogen-bond acceptors (Lipinski definition) is 5. The van der Waals surface area contributed by atoms with E-state index in [1.165, 1.54) is 6.07 Å². The van der Waals surface area contributed by atoms with Gasteiger partial charge in [0.2, 0.25) is 0 Å². The van der Waals surface area contributed by atoms with E-state index in [9.17, 15) is 14.9 Å². The molecular formula is C13H18ClN3O4. The summed E-state index contributed by atoms with van der Waals surface area (Å²) in [5.41, 5.74) is 6.29. The number of ether oxygens (including phenoxy) is 1. The highest BCUT2D eigenvalue weighted by atomic mass is 35.5. The highest BCUT2D eigenvalue weighted by Gasteiger charge is 2.28. The molecular weight excluding hydrogens is 298 g/mol. The smallest absolute Gasteiger partial charge is 0.282 e. The minimum Gasteiger partial charge on any atom is -0.373 e. The Kier molecular flexibility index (Phi) is 6.07. The summed E-state index contributed by atoms with van der Waals surface area (Å²) in [4.78, 5) is 24.5. The Morgan fingerprint density at radius 2 is 2.29 bits per heavy atom. The number of carbonyl (C=O) groups is 1. The summed E-state index contributed by atoms with van der Waals surface area (Å²) >= 11 is 0. The molecule has 0 aromatic heterocycles. The molecule has 1 fully saturated rings. The fourth-order valence-electron chi connectivity index (χ4n) is 2.20. The van der Waals surface area contributed by atoms with Gasteiger partial charge in [-0.15, -0.1) is 12.4 Å². The lowest BCUT2D eigenvalue weighted by Crippen LogP contribution is -2.48. The Morgan fingerprint density at radius 1 is 1.57 bits per heavy atom. The number of nitrogens with zero attached hydrogens (tertiary/aromatic N) is 2. The molecule has 1 aliphatic heterocycles. The van der Waals surface area contributed by atoms with Gasteiger partial charge in [-0.1, -0.05) is 6.07 Å². The maximum absolute atomic E-state index is 12.5. The standard InChI is InChI=1S/C13H17N3O4.ClH/c1-9-2-3-12(16(18)19)11(6-9)13(17)15-4-5-20-10(7-14)8-15;/h2-3,6,10H,4-5,7-8,14H2,1H3;1H. The zero-order valence-corrected chi connectivity index (χ0v) is 12.5. The third kappa shape index (κ3) is 3.90. The normalized spacial score (nSPS) is 18.0. The van der Waals surface area contributed by atoms with Crippen molar-refractivity contribution in [3.8, 4) is 0 Å². The molecule has 8 heteroatoms. The molecule has 0 saturated carbocycles. The number of hydrogen-bond donors (Lipinski definition) is 1. The van der Waals surface area contributed by atoms with E-state index in [4.69, 9.17) is 10.5 Å². The van der Waals surface area contributed by atoms with Gasteiger partial charge < -0.3 is 15.4 Å². The van der Waals surface area contributed by atoms with E-state index < -0.39 is 4.92 Å². The molecule has 0 aliphatic carbocycles. The number of carbonyl (C=O) groups excluding carboxylic acids is 1. The minimum absolute atomic E-state index is 0. The molecule has 0 spiro atoms. The van der Waals surface area contributed by atoms with Gasteiger partial charge in [-0.3, -0.25) is 14.9 Å². The monoisotopic (exact) mass is 315 g/mol. The molecule has 1 aliphatic rings. The highest BCUT2D eigenvalue weighted by Crippen LogP contribution is 2.22. The number of amides is 1. The zero-order valence-electron chi connectivity index (χ0n) is 11.7. The number of nitro benzene ring substituents is 1. The maximum atomic E-state index is 12.5. The van der Waals surface area contributed by atoms with Crippen molar-refractivity contribution in [1.29, 1.82) is 0 Å². The van der Waals surface area contributed by atoms with Crippen molar-refractivity contribution in [2.24, 2.45) is 5.73 Å². The number of morpholine rings is 1. The second kappa shape index (κ2) is 7.35. The molecule has 1 amide bonds. The van der Waals surface area contributed by atoms with Crippen molar-refractivity contribution >= 4 is 24.0 Å². The fourth-order valence-corrected chi connectivity index (χ4v) is 2.20. The molecule has 2 rings (SSSR count). The summed E-state index contributed by atoms with van der Waals surface area (Å²) in [7, 11) is 0. The van der Waals surface area contributed by atoms with E-state index in [1.807, 2.05) is 0 Å². The van der Waals surface area contributed by atoms with Gasteiger partial charge in [0, 0.05) is 25.7 Å². The third-order valence-corrected chi connectivity index (χ3v) is 3.27. The van der Waals surface area contributed by atoms with Crippen LogP contribution in [0.1, 0.15) is 15.9 Å². The molecule has 1 atom stereocenters. The van der Waals surface area contributed by atoms with Crippen LogP contribution in [0.5, 0.6) is 0 Å². The fraction of sp³-hybridized carbons (Fsp3) is 0.462. The Balaban J connectivity index is 0.00000220. The zero-order chi connectivity index (χ0) is 14.7. The van der Waals surface area contributed by atoms with Crippen molar-refractivity contribution in [3.05, 3.63) is 39.4 Å². The van der Waals surface area contributed by atoms with Gasteiger partial charge in [-0.05, 0) is 18.6 Å². The molecule has 0 bridgehead atoms. The number of halogens is 1. The van der Waals surface area contributed by atoms with Gasteiger partial charge in [0.1, 0.15) is 5.56 Å². The Morgan fingerprint density at radius 3 is 2.90 bits per heavy atom. The molecule has 1 aromatic carbocycles. The predicted octanol–water partition coefficient (Wildman–Crippen LogP) is 1.12. The van der Waals surface area contributed by atoms with Crippen LogP contribution >= 0.6 is 12.4 Å². The Hall–Kier alpha value is -1.70. The molecule has 21 heavy (non-hydrogen) atoms. The lowest BCUT2D eigenvalue weighted by molar-refractivity contribution is -0.385. The molecule has 7 nitrogen and oxygen atoms in total. The third-order valence-electron chi connectivity index (χ3n) is 3.27. The first kappa shape index (κ1) is 17.4. The van der Waals surface area contributed by atoms with Gasteiger partial charge in [0.05, 0.1) is 17.6 Å². The van der Waals surface area contributed by atoms with Crippen molar-refractivity contribution in [1.82, 2.24) is 4.90 Å². The van der Waals surface area contributed by atoms with Crippen molar-refractivity contribution < 1.29 is 14.5 Å². The Bertz CT molecular complexity index is 538. The maximum Gasteiger partial charge on any atom is 0.282 e. The van der Waals surface area contributed by atoms with Crippen LogP contribution in [0.25, 0.3) is 0 Å². The van der Waals surface area contributed by atoms with Gasteiger partial charge >= 0.3 is 0 Å². The summed E-state index contributed by atoms with van der Waals surface area (Å²) in [5, 5.41) is 11.0. The second-order valence-corrected chi connectivity index (χ2v) is 4.76. The minimum atomic E-state index is -0.534. The molecule has 0 radical (unpaired) electrons. The van der Waals surface area contributed by atoms with Crippen LogP contribution in [0.3, 0.4) is 0 Å². The van der Waals surface area contributed by atoms with Crippen molar-refractivity contribution in [2.75, 3.05) is 26.2 Å². The highest BCUT2D eigenvalue weighted by molar-refractivity contribution is 5.98. The summed E-state index contributed by atoms with van der Waals surface area (Å²) in [5.74, 6) is -0.345. The number of aryl methyl sites for hydroxylation is 1. The SMILES string of the molecule is Cc1ccc([N+](=O)[O-])c(C(=O)N2CCOC(CN)C2)c1.Cl. The van der Waals surface area contributed by atoms with Crippen molar-refractivity contribution in [3.63, 3.8) is 0 Å². The lowest BCUT2D eigenvalue weighted by Gasteiger charge is -2.32. The van der Waals surface area contributed by atoms with Crippen LogP contribution in [-0.4, -0.2) is 48.1 Å².